The van der Waals surface area contributed by atoms with E-state index in [0.717, 1.165) is 21.2 Å². The highest BCUT2D eigenvalue weighted by Crippen LogP contribution is 2.35. The molecule has 0 radical (unpaired) electrons. The SMILES string of the molecule is S=c1[nH]c2cc(Br)ccc2n1C1CCCc2ccccc21. The van der Waals surface area contributed by atoms with Crippen LogP contribution in [0.15, 0.2) is 46.9 Å². The van der Waals surface area contributed by atoms with Gasteiger partial charge in [0, 0.05) is 4.47 Å². The van der Waals surface area contributed by atoms with Crippen LogP contribution in [0.5, 0.6) is 0 Å². The number of H-pyrrole nitrogens is 1. The van der Waals surface area contributed by atoms with Gasteiger partial charge in [0.05, 0.1) is 17.1 Å². The van der Waals surface area contributed by atoms with Crippen LogP contribution in [0.1, 0.15) is 30.0 Å². The topological polar surface area (TPSA) is 20.7 Å². The van der Waals surface area contributed by atoms with E-state index in [9.17, 15) is 0 Å². The Labute approximate surface area is 136 Å². The minimum Gasteiger partial charge on any atom is -0.331 e. The lowest BCUT2D eigenvalue weighted by molar-refractivity contribution is 0.495. The maximum Gasteiger partial charge on any atom is 0.178 e. The number of rotatable bonds is 1. The maximum atomic E-state index is 5.60. The molecule has 4 heteroatoms. The van der Waals surface area contributed by atoms with Crippen LogP contribution in [0.2, 0.25) is 0 Å². The van der Waals surface area contributed by atoms with Gasteiger partial charge in [-0.25, -0.2) is 0 Å². The summed E-state index contributed by atoms with van der Waals surface area (Å²) in [7, 11) is 0. The van der Waals surface area contributed by atoms with Crippen molar-refractivity contribution in [1.29, 1.82) is 0 Å². The lowest BCUT2D eigenvalue weighted by Gasteiger charge is -2.27. The summed E-state index contributed by atoms with van der Waals surface area (Å²) in [6.07, 6.45) is 3.54. The van der Waals surface area contributed by atoms with Crippen LogP contribution in [0.25, 0.3) is 11.0 Å². The fraction of sp³-hybridized carbons (Fsp3) is 0.235. The van der Waals surface area contributed by atoms with Crippen molar-refractivity contribution in [2.75, 3.05) is 0 Å². The average Bonchev–Trinajstić information content (AvgIpc) is 2.81. The molecule has 0 aliphatic heterocycles. The number of fused-ring (bicyclic) bond motifs is 2. The second kappa shape index (κ2) is 5.11. The molecule has 0 saturated carbocycles. The van der Waals surface area contributed by atoms with Gasteiger partial charge in [-0.15, -0.1) is 0 Å². The first-order valence-electron chi connectivity index (χ1n) is 7.21. The van der Waals surface area contributed by atoms with Crippen molar-refractivity contribution in [2.45, 2.75) is 25.3 Å². The Kier molecular flexibility index (Phi) is 3.23. The van der Waals surface area contributed by atoms with E-state index in [-0.39, 0.29) is 0 Å². The predicted octanol–water partition coefficient (Wildman–Crippen LogP) is 5.39. The quantitative estimate of drug-likeness (QED) is 0.578. The van der Waals surface area contributed by atoms with Gasteiger partial charge < -0.3 is 9.55 Å². The number of hydrogen-bond acceptors (Lipinski definition) is 1. The molecule has 2 nitrogen and oxygen atoms in total. The zero-order valence-electron chi connectivity index (χ0n) is 11.5. The highest BCUT2D eigenvalue weighted by atomic mass is 79.9. The van der Waals surface area contributed by atoms with Crippen molar-refractivity contribution in [1.82, 2.24) is 9.55 Å². The lowest BCUT2D eigenvalue weighted by atomic mass is 9.87. The molecular formula is C17H15BrN2S. The molecule has 1 aliphatic carbocycles. The number of aryl methyl sites for hydroxylation is 1. The third kappa shape index (κ3) is 2.17. The van der Waals surface area contributed by atoms with E-state index in [4.69, 9.17) is 12.2 Å². The van der Waals surface area contributed by atoms with Gasteiger partial charge in [-0.3, -0.25) is 0 Å². The molecule has 1 heterocycles. The fourth-order valence-electron chi connectivity index (χ4n) is 3.41. The molecular weight excluding hydrogens is 344 g/mol. The Bertz CT molecular complexity index is 878. The van der Waals surface area contributed by atoms with Crippen LogP contribution in [0.4, 0.5) is 0 Å². The molecule has 4 rings (SSSR count). The zero-order valence-corrected chi connectivity index (χ0v) is 13.9. The Morgan fingerprint density at radius 3 is 2.95 bits per heavy atom. The normalized spacial score (nSPS) is 17.9. The second-order valence-electron chi connectivity index (χ2n) is 5.57. The Morgan fingerprint density at radius 1 is 1.19 bits per heavy atom. The molecule has 0 bridgehead atoms. The summed E-state index contributed by atoms with van der Waals surface area (Å²) in [5.41, 5.74) is 5.16. The molecule has 1 atom stereocenters. The molecule has 0 amide bonds. The number of aromatic amines is 1. The lowest BCUT2D eigenvalue weighted by Crippen LogP contribution is -2.17. The average molecular weight is 359 g/mol. The maximum absolute atomic E-state index is 5.60. The Balaban J connectivity index is 1.96. The Morgan fingerprint density at radius 2 is 2.05 bits per heavy atom. The van der Waals surface area contributed by atoms with Gasteiger partial charge in [0.25, 0.3) is 0 Å². The van der Waals surface area contributed by atoms with Crippen LogP contribution in [-0.4, -0.2) is 9.55 Å². The van der Waals surface area contributed by atoms with Crippen molar-refractivity contribution in [3.8, 4) is 0 Å². The number of hydrogen-bond donors (Lipinski definition) is 1. The fourth-order valence-corrected chi connectivity index (χ4v) is 4.11. The molecule has 1 aliphatic rings. The van der Waals surface area contributed by atoms with Crippen LogP contribution < -0.4 is 0 Å². The van der Waals surface area contributed by atoms with Gasteiger partial charge in [0.2, 0.25) is 0 Å². The van der Waals surface area contributed by atoms with Crippen LogP contribution >= 0.6 is 28.1 Å². The summed E-state index contributed by atoms with van der Waals surface area (Å²) in [4.78, 5) is 3.34. The molecule has 1 N–H and O–H groups in total. The Hall–Kier alpha value is -1.39. The molecule has 2 aromatic carbocycles. The minimum absolute atomic E-state index is 0.345. The van der Waals surface area contributed by atoms with E-state index in [1.807, 2.05) is 0 Å². The van der Waals surface area contributed by atoms with Crippen molar-refractivity contribution in [2.24, 2.45) is 0 Å². The van der Waals surface area contributed by atoms with Gasteiger partial charge in [-0.2, -0.15) is 0 Å². The van der Waals surface area contributed by atoms with E-state index in [2.05, 4.69) is 67.9 Å². The van der Waals surface area contributed by atoms with E-state index >= 15 is 0 Å². The van der Waals surface area contributed by atoms with E-state index in [1.165, 1.54) is 29.5 Å². The van der Waals surface area contributed by atoms with Gasteiger partial charge >= 0.3 is 0 Å². The number of aromatic nitrogens is 2. The van der Waals surface area contributed by atoms with Crippen molar-refractivity contribution in [3.63, 3.8) is 0 Å². The molecule has 3 aromatic rings. The van der Waals surface area contributed by atoms with E-state index in [1.54, 1.807) is 0 Å². The predicted molar refractivity (Wildman–Crippen MR) is 92.3 cm³/mol. The molecule has 0 spiro atoms. The summed E-state index contributed by atoms with van der Waals surface area (Å²) in [6.45, 7) is 0. The van der Waals surface area contributed by atoms with Crippen LogP contribution in [-0.2, 0) is 6.42 Å². The van der Waals surface area contributed by atoms with Crippen LogP contribution in [0, 0.1) is 4.77 Å². The number of halogens is 1. The molecule has 1 aromatic heterocycles. The second-order valence-corrected chi connectivity index (χ2v) is 6.87. The largest absolute Gasteiger partial charge is 0.331 e. The van der Waals surface area contributed by atoms with Gasteiger partial charge in [-0.05, 0) is 60.8 Å². The number of nitrogens with zero attached hydrogens (tertiary/aromatic N) is 1. The smallest absolute Gasteiger partial charge is 0.178 e. The van der Waals surface area contributed by atoms with Crippen LogP contribution in [0.3, 0.4) is 0 Å². The highest BCUT2D eigenvalue weighted by molar-refractivity contribution is 9.10. The summed E-state index contributed by atoms with van der Waals surface area (Å²) < 4.78 is 4.17. The minimum atomic E-state index is 0.345. The summed E-state index contributed by atoms with van der Waals surface area (Å²) in [6, 6.07) is 15.4. The number of nitrogens with one attached hydrogen (secondary N) is 1. The first kappa shape index (κ1) is 13.3. The van der Waals surface area contributed by atoms with E-state index < -0.39 is 0 Å². The van der Waals surface area contributed by atoms with Gasteiger partial charge in [0.1, 0.15) is 0 Å². The third-order valence-electron chi connectivity index (χ3n) is 4.33. The molecule has 1 unspecified atom stereocenters. The van der Waals surface area contributed by atoms with Crippen molar-refractivity contribution in [3.05, 3.63) is 62.8 Å². The molecule has 0 fully saturated rings. The van der Waals surface area contributed by atoms with Crippen molar-refractivity contribution >= 4 is 39.2 Å². The summed E-state index contributed by atoms with van der Waals surface area (Å²) in [5.74, 6) is 0. The standard InChI is InChI=1S/C17H15BrN2S/c18-12-8-9-16-14(10-12)19-17(21)20(16)15-7-3-5-11-4-1-2-6-13(11)15/h1-2,4,6,8-10,15H,3,5,7H2,(H,19,21). The first-order chi connectivity index (χ1) is 10.2. The highest BCUT2D eigenvalue weighted by Gasteiger charge is 2.23. The third-order valence-corrected chi connectivity index (χ3v) is 5.12. The molecule has 106 valence electrons. The summed E-state index contributed by atoms with van der Waals surface area (Å²) >= 11 is 9.12. The van der Waals surface area contributed by atoms with Crippen molar-refractivity contribution < 1.29 is 0 Å². The summed E-state index contributed by atoms with van der Waals surface area (Å²) in [5, 5.41) is 0. The van der Waals surface area contributed by atoms with Gasteiger partial charge in [0.15, 0.2) is 4.77 Å². The monoisotopic (exact) mass is 358 g/mol. The number of imidazole rings is 1. The first-order valence-corrected chi connectivity index (χ1v) is 8.42. The van der Waals surface area contributed by atoms with E-state index in [0.29, 0.717) is 6.04 Å². The molecule has 0 saturated heterocycles. The number of benzene rings is 2. The van der Waals surface area contributed by atoms with Gasteiger partial charge in [-0.1, -0.05) is 40.2 Å². The molecule has 21 heavy (non-hydrogen) atoms. The zero-order chi connectivity index (χ0) is 14.4.